The molecule has 37 heavy (non-hydrogen) atoms. The van der Waals surface area contributed by atoms with Crippen molar-refractivity contribution in [2.45, 2.75) is 46.8 Å². The number of hydrogen-bond acceptors (Lipinski definition) is 7. The molecule has 0 saturated carbocycles. The van der Waals surface area contributed by atoms with Crippen LogP contribution in [0.3, 0.4) is 0 Å². The fourth-order valence-electron chi connectivity index (χ4n) is 3.90. The van der Waals surface area contributed by atoms with Crippen LogP contribution in [0.2, 0.25) is 5.02 Å². The van der Waals surface area contributed by atoms with Crippen LogP contribution in [0.5, 0.6) is 11.6 Å². The van der Waals surface area contributed by atoms with E-state index in [-0.39, 0.29) is 17.5 Å². The molecular weight excluding hydrogens is 492 g/mol. The summed E-state index contributed by atoms with van der Waals surface area (Å²) >= 11 is 6.46. The van der Waals surface area contributed by atoms with Crippen molar-refractivity contribution in [3.05, 3.63) is 92.4 Å². The molecule has 0 aliphatic heterocycles. The molecule has 0 bridgehead atoms. The van der Waals surface area contributed by atoms with Crippen molar-refractivity contribution in [2.24, 2.45) is 0 Å². The van der Waals surface area contributed by atoms with E-state index in [1.165, 1.54) is 4.57 Å². The van der Waals surface area contributed by atoms with Crippen LogP contribution in [-0.4, -0.2) is 31.7 Å². The molecule has 4 aromatic rings. The highest BCUT2D eigenvalue weighted by atomic mass is 35.5. The van der Waals surface area contributed by atoms with E-state index in [1.54, 1.807) is 34.1 Å². The zero-order chi connectivity index (χ0) is 26.9. The average Bonchev–Trinajstić information content (AvgIpc) is 2.86. The van der Waals surface area contributed by atoms with Gasteiger partial charge in [0, 0.05) is 11.8 Å². The maximum atomic E-state index is 13.4. The largest absolute Gasteiger partial charge is 0.497 e. The summed E-state index contributed by atoms with van der Waals surface area (Å²) in [6.45, 7) is 8.98. The van der Waals surface area contributed by atoms with Crippen LogP contribution in [0.25, 0.3) is 16.9 Å². The summed E-state index contributed by atoms with van der Waals surface area (Å²) in [5, 5.41) is 10.3. The van der Waals surface area contributed by atoms with Crippen molar-refractivity contribution < 1.29 is 14.6 Å². The molecule has 0 spiro atoms. The number of benzene rings is 2. The number of aromatic nitrogens is 4. The standard InChI is InChI=1S/C28H29ClN4O4/c1-16-10-11-20(24-17(2)14-30-27(32-24)28(4,5)35)13-22(16)33-18(3)31-25(23(29)26(33)34)37-15-19-8-7-9-21(12-19)36-6/h7-14,35H,15H2,1-6H3. The lowest BCUT2D eigenvalue weighted by atomic mass is 10.0. The van der Waals surface area contributed by atoms with Crippen molar-refractivity contribution in [1.29, 1.82) is 0 Å². The molecular formula is C28H29ClN4O4. The van der Waals surface area contributed by atoms with Crippen LogP contribution in [0.15, 0.2) is 53.5 Å². The molecule has 8 nitrogen and oxygen atoms in total. The van der Waals surface area contributed by atoms with Gasteiger partial charge in [-0.15, -0.1) is 0 Å². The molecule has 0 fully saturated rings. The highest BCUT2D eigenvalue weighted by Gasteiger charge is 2.22. The van der Waals surface area contributed by atoms with Crippen molar-refractivity contribution in [3.8, 4) is 28.6 Å². The van der Waals surface area contributed by atoms with Gasteiger partial charge in [0.2, 0.25) is 5.88 Å². The Labute approximate surface area is 220 Å². The highest BCUT2D eigenvalue weighted by molar-refractivity contribution is 6.31. The Morgan fingerprint density at radius 3 is 2.51 bits per heavy atom. The van der Waals surface area contributed by atoms with E-state index >= 15 is 0 Å². The maximum absolute atomic E-state index is 13.4. The first-order chi connectivity index (χ1) is 17.5. The normalized spacial score (nSPS) is 11.5. The van der Waals surface area contributed by atoms with Gasteiger partial charge in [0.1, 0.15) is 23.8 Å². The zero-order valence-electron chi connectivity index (χ0n) is 21.7. The van der Waals surface area contributed by atoms with Gasteiger partial charge >= 0.3 is 0 Å². The van der Waals surface area contributed by atoms with Crippen molar-refractivity contribution >= 4 is 11.6 Å². The van der Waals surface area contributed by atoms with E-state index in [0.29, 0.717) is 28.8 Å². The third-order valence-corrected chi connectivity index (χ3v) is 6.24. The molecule has 2 heterocycles. The van der Waals surface area contributed by atoms with Crippen LogP contribution < -0.4 is 15.0 Å². The lowest BCUT2D eigenvalue weighted by molar-refractivity contribution is 0.0688. The molecule has 0 amide bonds. The lowest BCUT2D eigenvalue weighted by Gasteiger charge is -2.18. The van der Waals surface area contributed by atoms with Crippen LogP contribution in [0.4, 0.5) is 0 Å². The molecule has 0 atom stereocenters. The molecule has 192 valence electrons. The fraction of sp³-hybridized carbons (Fsp3) is 0.286. The second-order valence-electron chi connectivity index (χ2n) is 9.34. The Bertz CT molecular complexity index is 1530. The first-order valence-electron chi connectivity index (χ1n) is 11.7. The van der Waals surface area contributed by atoms with Gasteiger partial charge in [0.15, 0.2) is 10.8 Å². The molecule has 1 N–H and O–H groups in total. The third kappa shape index (κ3) is 5.50. The van der Waals surface area contributed by atoms with Gasteiger partial charge in [-0.1, -0.05) is 35.9 Å². The monoisotopic (exact) mass is 520 g/mol. The minimum Gasteiger partial charge on any atom is -0.497 e. The van der Waals surface area contributed by atoms with E-state index < -0.39 is 11.2 Å². The molecule has 0 aliphatic carbocycles. The lowest BCUT2D eigenvalue weighted by Crippen LogP contribution is -2.24. The van der Waals surface area contributed by atoms with Crippen molar-refractivity contribution in [3.63, 3.8) is 0 Å². The summed E-state index contributed by atoms with van der Waals surface area (Å²) in [4.78, 5) is 26.8. The summed E-state index contributed by atoms with van der Waals surface area (Å²) in [7, 11) is 1.59. The smallest absolute Gasteiger partial charge is 0.280 e. The van der Waals surface area contributed by atoms with Crippen molar-refractivity contribution in [1.82, 2.24) is 19.5 Å². The molecule has 9 heteroatoms. The summed E-state index contributed by atoms with van der Waals surface area (Å²) < 4.78 is 12.5. The third-order valence-electron chi connectivity index (χ3n) is 5.92. The number of methoxy groups -OCH3 is 1. The van der Waals surface area contributed by atoms with Gasteiger partial charge in [-0.2, -0.15) is 4.98 Å². The summed E-state index contributed by atoms with van der Waals surface area (Å²) in [5.74, 6) is 1.51. The molecule has 0 aliphatic rings. The minimum atomic E-state index is -1.19. The number of aryl methyl sites for hydroxylation is 3. The predicted octanol–water partition coefficient (Wildman–Crippen LogP) is 5.08. The molecule has 4 rings (SSSR count). The topological polar surface area (TPSA) is 99.4 Å². The Balaban J connectivity index is 1.73. The predicted molar refractivity (Wildman–Crippen MR) is 143 cm³/mol. The van der Waals surface area contributed by atoms with Gasteiger partial charge in [0.25, 0.3) is 5.56 Å². The van der Waals surface area contributed by atoms with E-state index in [1.807, 2.05) is 56.3 Å². The highest BCUT2D eigenvalue weighted by Crippen LogP contribution is 2.29. The molecule has 2 aromatic carbocycles. The molecule has 2 aromatic heterocycles. The first-order valence-corrected chi connectivity index (χ1v) is 12.1. The fourth-order valence-corrected chi connectivity index (χ4v) is 4.08. The number of nitrogens with zero attached hydrogens (tertiary/aromatic N) is 4. The van der Waals surface area contributed by atoms with Gasteiger partial charge in [0.05, 0.1) is 18.5 Å². The SMILES string of the molecule is COc1cccc(COc2nc(C)n(-c3cc(-c4nc(C(C)(C)O)ncc4C)ccc3C)c(=O)c2Cl)c1. The zero-order valence-corrected chi connectivity index (χ0v) is 22.4. The quantitative estimate of drug-likeness (QED) is 0.362. The minimum absolute atomic E-state index is 0.0681. The van der Waals surface area contributed by atoms with Crippen LogP contribution >= 0.6 is 11.6 Å². The number of ether oxygens (including phenoxy) is 2. The van der Waals surface area contributed by atoms with E-state index in [4.69, 9.17) is 21.1 Å². The maximum Gasteiger partial charge on any atom is 0.280 e. The van der Waals surface area contributed by atoms with Crippen LogP contribution in [-0.2, 0) is 12.2 Å². The first kappa shape index (κ1) is 26.3. The van der Waals surface area contributed by atoms with Crippen LogP contribution in [0, 0.1) is 20.8 Å². The Kier molecular flexibility index (Phi) is 7.34. The number of aliphatic hydroxyl groups is 1. The summed E-state index contributed by atoms with van der Waals surface area (Å²) in [6, 6.07) is 13.1. The van der Waals surface area contributed by atoms with Gasteiger partial charge in [-0.3, -0.25) is 9.36 Å². The van der Waals surface area contributed by atoms with Crippen molar-refractivity contribution in [2.75, 3.05) is 7.11 Å². The Morgan fingerprint density at radius 1 is 1.05 bits per heavy atom. The average molecular weight is 521 g/mol. The number of rotatable bonds is 7. The second kappa shape index (κ2) is 10.3. The summed E-state index contributed by atoms with van der Waals surface area (Å²) in [5.41, 5.74) is 2.97. The van der Waals surface area contributed by atoms with Gasteiger partial charge in [-0.25, -0.2) is 9.97 Å². The van der Waals surface area contributed by atoms with Gasteiger partial charge < -0.3 is 14.6 Å². The summed E-state index contributed by atoms with van der Waals surface area (Å²) in [6.07, 6.45) is 1.68. The Morgan fingerprint density at radius 2 is 1.81 bits per heavy atom. The molecule has 0 radical (unpaired) electrons. The second-order valence-corrected chi connectivity index (χ2v) is 9.72. The number of halogens is 1. The van der Waals surface area contributed by atoms with E-state index in [2.05, 4.69) is 15.0 Å². The van der Waals surface area contributed by atoms with Crippen LogP contribution in [0.1, 0.15) is 42.2 Å². The van der Waals surface area contributed by atoms with E-state index in [9.17, 15) is 9.90 Å². The van der Waals surface area contributed by atoms with E-state index in [0.717, 1.165) is 22.3 Å². The van der Waals surface area contributed by atoms with Gasteiger partial charge in [-0.05, 0) is 69.5 Å². The molecule has 0 unspecified atom stereocenters. The molecule has 0 saturated heterocycles. The Hall–Kier alpha value is -3.75. The number of hydrogen-bond donors (Lipinski definition) is 1.